The number of benzene rings is 1. The summed E-state index contributed by atoms with van der Waals surface area (Å²) in [5.41, 5.74) is 0.433. The molecular formula is C14H15NO5. The second-order valence-corrected chi connectivity index (χ2v) is 4.85. The number of aliphatic carboxylic acids is 1. The van der Waals surface area contributed by atoms with Crippen LogP contribution in [0, 0.1) is 0 Å². The second-order valence-electron chi connectivity index (χ2n) is 4.85. The molecule has 0 spiro atoms. The van der Waals surface area contributed by atoms with Gasteiger partial charge in [-0.3, -0.25) is 4.79 Å². The predicted octanol–water partition coefficient (Wildman–Crippen LogP) is 1.15. The van der Waals surface area contributed by atoms with E-state index in [1.54, 1.807) is 18.2 Å². The summed E-state index contributed by atoms with van der Waals surface area (Å²) < 4.78 is 10.8. The van der Waals surface area contributed by atoms with Crippen LogP contribution in [-0.4, -0.2) is 47.7 Å². The minimum atomic E-state index is -0.951. The van der Waals surface area contributed by atoms with Gasteiger partial charge in [-0.05, 0) is 31.0 Å². The highest BCUT2D eigenvalue weighted by Gasteiger charge is 2.34. The number of carboxylic acids is 1. The van der Waals surface area contributed by atoms with Gasteiger partial charge in [-0.15, -0.1) is 0 Å². The van der Waals surface area contributed by atoms with Gasteiger partial charge in [-0.25, -0.2) is 4.79 Å². The molecule has 20 heavy (non-hydrogen) atoms. The number of nitrogens with zero attached hydrogens (tertiary/aromatic N) is 1. The van der Waals surface area contributed by atoms with Gasteiger partial charge in [0.2, 0.25) is 0 Å². The van der Waals surface area contributed by atoms with Gasteiger partial charge < -0.3 is 19.5 Å². The number of carbonyl (C=O) groups excluding carboxylic acids is 1. The summed E-state index contributed by atoms with van der Waals surface area (Å²) in [4.78, 5) is 25.0. The van der Waals surface area contributed by atoms with E-state index >= 15 is 0 Å². The highest BCUT2D eigenvalue weighted by Crippen LogP contribution is 2.32. The Morgan fingerprint density at radius 1 is 1.20 bits per heavy atom. The van der Waals surface area contributed by atoms with Crippen molar-refractivity contribution >= 4 is 11.9 Å². The lowest BCUT2D eigenvalue weighted by Crippen LogP contribution is -2.40. The lowest BCUT2D eigenvalue weighted by atomic mass is 10.1. The SMILES string of the molecule is O=C(O)C1CCCN1C(=O)c1ccc2c(c1)OCCO2. The zero-order valence-electron chi connectivity index (χ0n) is 10.9. The van der Waals surface area contributed by atoms with Gasteiger partial charge in [-0.1, -0.05) is 0 Å². The zero-order chi connectivity index (χ0) is 14.1. The van der Waals surface area contributed by atoms with Crippen molar-refractivity contribution in [3.05, 3.63) is 23.8 Å². The largest absolute Gasteiger partial charge is 0.486 e. The average Bonchev–Trinajstić information content (AvgIpc) is 2.95. The van der Waals surface area contributed by atoms with Gasteiger partial charge in [0.1, 0.15) is 19.3 Å². The molecule has 0 bridgehead atoms. The number of carboxylic acid groups (broad SMARTS) is 1. The van der Waals surface area contributed by atoms with Crippen molar-refractivity contribution in [3.63, 3.8) is 0 Å². The molecule has 1 fully saturated rings. The molecule has 2 aliphatic heterocycles. The fourth-order valence-corrected chi connectivity index (χ4v) is 2.61. The molecule has 6 nitrogen and oxygen atoms in total. The van der Waals surface area contributed by atoms with E-state index < -0.39 is 12.0 Å². The van der Waals surface area contributed by atoms with Crippen LogP contribution in [-0.2, 0) is 4.79 Å². The van der Waals surface area contributed by atoms with E-state index in [-0.39, 0.29) is 5.91 Å². The van der Waals surface area contributed by atoms with Crippen molar-refractivity contribution < 1.29 is 24.2 Å². The Morgan fingerprint density at radius 2 is 1.95 bits per heavy atom. The number of hydrogen-bond donors (Lipinski definition) is 1. The molecule has 1 aromatic rings. The molecule has 0 radical (unpaired) electrons. The Balaban J connectivity index is 1.85. The molecule has 0 aromatic heterocycles. The Labute approximate surface area is 115 Å². The summed E-state index contributed by atoms with van der Waals surface area (Å²) in [6.07, 6.45) is 1.22. The molecule has 2 aliphatic rings. The fraction of sp³-hybridized carbons (Fsp3) is 0.429. The molecule has 1 saturated heterocycles. The molecule has 0 aliphatic carbocycles. The van der Waals surface area contributed by atoms with Crippen LogP contribution in [0.4, 0.5) is 0 Å². The van der Waals surface area contributed by atoms with E-state index in [4.69, 9.17) is 14.6 Å². The van der Waals surface area contributed by atoms with Gasteiger partial charge >= 0.3 is 5.97 Å². The van der Waals surface area contributed by atoms with Crippen molar-refractivity contribution in [1.82, 2.24) is 4.90 Å². The molecule has 1 N–H and O–H groups in total. The minimum Gasteiger partial charge on any atom is -0.486 e. The Morgan fingerprint density at radius 3 is 2.70 bits per heavy atom. The molecule has 1 aromatic carbocycles. The van der Waals surface area contributed by atoms with Crippen molar-refractivity contribution in [3.8, 4) is 11.5 Å². The predicted molar refractivity (Wildman–Crippen MR) is 69.1 cm³/mol. The molecule has 0 saturated carbocycles. The molecule has 106 valence electrons. The molecule has 1 atom stereocenters. The first-order chi connectivity index (χ1) is 9.66. The standard InChI is InChI=1S/C14H15NO5/c16-13(15-5-1-2-10(15)14(17)18)9-3-4-11-12(8-9)20-7-6-19-11/h3-4,8,10H,1-2,5-7H2,(H,17,18). The number of fused-ring (bicyclic) bond motifs is 1. The third-order valence-corrected chi connectivity index (χ3v) is 3.59. The summed E-state index contributed by atoms with van der Waals surface area (Å²) >= 11 is 0. The normalized spacial score (nSPS) is 20.8. The van der Waals surface area contributed by atoms with Gasteiger partial charge in [0.05, 0.1) is 0 Å². The molecule has 1 amide bonds. The molecule has 3 rings (SSSR count). The van der Waals surface area contributed by atoms with E-state index in [9.17, 15) is 9.59 Å². The average molecular weight is 277 g/mol. The second kappa shape index (κ2) is 5.03. The van der Waals surface area contributed by atoms with E-state index in [0.29, 0.717) is 49.7 Å². The van der Waals surface area contributed by atoms with Crippen molar-refractivity contribution in [1.29, 1.82) is 0 Å². The van der Waals surface area contributed by atoms with Gasteiger partial charge in [0.15, 0.2) is 11.5 Å². The number of hydrogen-bond acceptors (Lipinski definition) is 4. The Hall–Kier alpha value is -2.24. The maximum Gasteiger partial charge on any atom is 0.326 e. The first-order valence-corrected chi connectivity index (χ1v) is 6.60. The zero-order valence-corrected chi connectivity index (χ0v) is 10.9. The van der Waals surface area contributed by atoms with Crippen LogP contribution in [0.1, 0.15) is 23.2 Å². The lowest BCUT2D eigenvalue weighted by molar-refractivity contribution is -0.141. The van der Waals surface area contributed by atoms with E-state index in [1.807, 2.05) is 0 Å². The fourth-order valence-electron chi connectivity index (χ4n) is 2.61. The quantitative estimate of drug-likeness (QED) is 0.877. The molecule has 1 unspecified atom stereocenters. The molecule has 2 heterocycles. The summed E-state index contributed by atoms with van der Waals surface area (Å²) in [5, 5.41) is 9.13. The van der Waals surface area contributed by atoms with Crippen LogP contribution < -0.4 is 9.47 Å². The van der Waals surface area contributed by atoms with E-state index in [0.717, 1.165) is 0 Å². The van der Waals surface area contributed by atoms with Gasteiger partial charge in [-0.2, -0.15) is 0 Å². The Kier molecular flexibility index (Phi) is 3.22. The number of amides is 1. The third-order valence-electron chi connectivity index (χ3n) is 3.59. The van der Waals surface area contributed by atoms with Crippen molar-refractivity contribution in [2.45, 2.75) is 18.9 Å². The number of ether oxygens (including phenoxy) is 2. The summed E-state index contributed by atoms with van der Waals surface area (Å²) in [6, 6.07) is 4.23. The summed E-state index contributed by atoms with van der Waals surface area (Å²) in [5.74, 6) is -0.0718. The summed E-state index contributed by atoms with van der Waals surface area (Å²) in [6.45, 7) is 1.42. The number of carbonyl (C=O) groups is 2. The molecule has 6 heteroatoms. The monoisotopic (exact) mass is 277 g/mol. The van der Waals surface area contributed by atoms with Crippen LogP contribution >= 0.6 is 0 Å². The maximum absolute atomic E-state index is 12.4. The highest BCUT2D eigenvalue weighted by molar-refractivity contribution is 5.97. The Bertz CT molecular complexity index is 556. The van der Waals surface area contributed by atoms with Gasteiger partial charge in [0.25, 0.3) is 5.91 Å². The first-order valence-electron chi connectivity index (χ1n) is 6.60. The third kappa shape index (κ3) is 2.17. The number of rotatable bonds is 2. The van der Waals surface area contributed by atoms with Crippen LogP contribution in [0.15, 0.2) is 18.2 Å². The van der Waals surface area contributed by atoms with Gasteiger partial charge in [0, 0.05) is 12.1 Å². The van der Waals surface area contributed by atoms with E-state index in [1.165, 1.54) is 4.90 Å². The highest BCUT2D eigenvalue weighted by atomic mass is 16.6. The van der Waals surface area contributed by atoms with Crippen molar-refractivity contribution in [2.24, 2.45) is 0 Å². The maximum atomic E-state index is 12.4. The van der Waals surface area contributed by atoms with Crippen LogP contribution in [0.25, 0.3) is 0 Å². The summed E-state index contributed by atoms with van der Waals surface area (Å²) in [7, 11) is 0. The van der Waals surface area contributed by atoms with Crippen molar-refractivity contribution in [2.75, 3.05) is 19.8 Å². The minimum absolute atomic E-state index is 0.271. The first kappa shape index (κ1) is 12.8. The topological polar surface area (TPSA) is 76.1 Å². The van der Waals surface area contributed by atoms with Crippen LogP contribution in [0.3, 0.4) is 0 Å². The lowest BCUT2D eigenvalue weighted by Gasteiger charge is -2.23. The smallest absolute Gasteiger partial charge is 0.326 e. The van der Waals surface area contributed by atoms with E-state index in [2.05, 4.69) is 0 Å². The van der Waals surface area contributed by atoms with Crippen LogP contribution in [0.2, 0.25) is 0 Å². The number of likely N-dealkylation sites (tertiary alicyclic amines) is 1. The van der Waals surface area contributed by atoms with Crippen LogP contribution in [0.5, 0.6) is 11.5 Å². The molecular weight excluding hydrogens is 262 g/mol.